The summed E-state index contributed by atoms with van der Waals surface area (Å²) in [6, 6.07) is 22.1. The molecular formula is C24H22FN3O. The van der Waals surface area contributed by atoms with Gasteiger partial charge in [0.25, 0.3) is 0 Å². The highest BCUT2D eigenvalue weighted by Gasteiger charge is 2.19. The zero-order valence-electron chi connectivity index (χ0n) is 16.4. The minimum Gasteiger partial charge on any atom is -0.494 e. The quantitative estimate of drug-likeness (QED) is 0.460. The lowest BCUT2D eigenvalue weighted by Gasteiger charge is -2.11. The first-order valence-corrected chi connectivity index (χ1v) is 9.39. The molecule has 4 rings (SSSR count). The summed E-state index contributed by atoms with van der Waals surface area (Å²) in [4.78, 5) is 9.86. The van der Waals surface area contributed by atoms with Crippen molar-refractivity contribution in [2.45, 2.75) is 6.54 Å². The number of benzene rings is 3. The molecule has 3 aromatic carbocycles. The van der Waals surface area contributed by atoms with Gasteiger partial charge < -0.3 is 15.0 Å². The number of fused-ring (bicyclic) bond motifs is 1. The van der Waals surface area contributed by atoms with Crippen molar-refractivity contribution in [1.29, 1.82) is 0 Å². The first-order valence-electron chi connectivity index (χ1n) is 9.39. The van der Waals surface area contributed by atoms with Crippen molar-refractivity contribution in [2.24, 2.45) is 4.99 Å². The van der Waals surface area contributed by atoms with Crippen LogP contribution >= 0.6 is 0 Å². The lowest BCUT2D eigenvalue weighted by atomic mass is 10.0. The standard InChI is InChI=1S/C24H22FN3O/c1-28(2)15-16-7-6-10-19(13-16)26-23(17-8-4-3-5-9-17)22-20-12-11-18(25)14-21(20)27-24(22)29/h3-14,27,29H,15H2,1-2H3. The molecule has 29 heavy (non-hydrogen) atoms. The Kier molecular flexibility index (Phi) is 5.14. The normalized spacial score (nSPS) is 12.1. The van der Waals surface area contributed by atoms with Crippen molar-refractivity contribution in [3.05, 3.63) is 95.3 Å². The molecule has 0 spiro atoms. The maximum Gasteiger partial charge on any atom is 0.199 e. The Morgan fingerprint density at radius 1 is 1.00 bits per heavy atom. The largest absolute Gasteiger partial charge is 0.494 e. The minimum atomic E-state index is -0.361. The van der Waals surface area contributed by atoms with Crippen LogP contribution in [0.1, 0.15) is 16.7 Å². The molecule has 1 aromatic heterocycles. The van der Waals surface area contributed by atoms with Crippen molar-refractivity contribution >= 4 is 22.3 Å². The molecule has 0 aliphatic carbocycles. The van der Waals surface area contributed by atoms with E-state index in [-0.39, 0.29) is 11.7 Å². The van der Waals surface area contributed by atoms with Crippen LogP contribution in [0.5, 0.6) is 5.88 Å². The smallest absolute Gasteiger partial charge is 0.199 e. The zero-order chi connectivity index (χ0) is 20.4. The van der Waals surface area contributed by atoms with Crippen molar-refractivity contribution < 1.29 is 9.50 Å². The Bertz CT molecular complexity index is 1180. The summed E-state index contributed by atoms with van der Waals surface area (Å²) in [6.45, 7) is 0.807. The Morgan fingerprint density at radius 3 is 2.55 bits per heavy atom. The number of hydrogen-bond donors (Lipinski definition) is 2. The number of aliphatic imine (C=N–C) groups is 1. The number of aromatic nitrogens is 1. The highest BCUT2D eigenvalue weighted by molar-refractivity contribution is 6.21. The van der Waals surface area contributed by atoms with Crippen LogP contribution in [0.4, 0.5) is 10.1 Å². The van der Waals surface area contributed by atoms with Crippen LogP contribution in [0.15, 0.2) is 77.8 Å². The minimum absolute atomic E-state index is 0.0300. The summed E-state index contributed by atoms with van der Waals surface area (Å²) in [5.74, 6) is -0.391. The molecule has 2 N–H and O–H groups in total. The van der Waals surface area contributed by atoms with Gasteiger partial charge in [-0.25, -0.2) is 9.38 Å². The molecule has 0 aliphatic heterocycles. The molecule has 0 radical (unpaired) electrons. The van der Waals surface area contributed by atoms with Gasteiger partial charge >= 0.3 is 0 Å². The number of hydrogen-bond acceptors (Lipinski definition) is 3. The second-order valence-electron chi connectivity index (χ2n) is 7.27. The molecular weight excluding hydrogens is 365 g/mol. The molecule has 1 heterocycles. The third kappa shape index (κ3) is 4.05. The fourth-order valence-electron chi connectivity index (χ4n) is 3.47. The Balaban J connectivity index is 1.91. The Morgan fingerprint density at radius 2 is 1.79 bits per heavy atom. The van der Waals surface area contributed by atoms with Crippen LogP contribution in [0.25, 0.3) is 10.9 Å². The van der Waals surface area contributed by atoms with Crippen LogP contribution in [0, 0.1) is 5.82 Å². The van der Waals surface area contributed by atoms with E-state index in [0.29, 0.717) is 16.8 Å². The predicted octanol–water partition coefficient (Wildman–Crippen LogP) is 5.24. The van der Waals surface area contributed by atoms with Crippen molar-refractivity contribution in [3.8, 4) is 5.88 Å². The Hall–Kier alpha value is -3.44. The third-order valence-corrected chi connectivity index (χ3v) is 4.68. The molecule has 4 nitrogen and oxygen atoms in total. The van der Waals surface area contributed by atoms with Gasteiger partial charge in [-0.15, -0.1) is 0 Å². The van der Waals surface area contributed by atoms with Gasteiger partial charge in [0, 0.05) is 17.5 Å². The van der Waals surface area contributed by atoms with Crippen LogP contribution in [-0.4, -0.2) is 34.8 Å². The maximum absolute atomic E-state index is 13.7. The Labute approximate surface area is 169 Å². The molecule has 0 unspecified atom stereocenters. The van der Waals surface area contributed by atoms with Crippen molar-refractivity contribution in [2.75, 3.05) is 14.1 Å². The molecule has 0 atom stereocenters. The van der Waals surface area contributed by atoms with E-state index in [0.717, 1.165) is 28.7 Å². The summed E-state index contributed by atoms with van der Waals surface area (Å²) < 4.78 is 13.7. The van der Waals surface area contributed by atoms with Crippen LogP contribution in [0.2, 0.25) is 0 Å². The molecule has 5 heteroatoms. The second-order valence-corrected chi connectivity index (χ2v) is 7.27. The lowest BCUT2D eigenvalue weighted by molar-refractivity contribution is 0.402. The van der Waals surface area contributed by atoms with E-state index in [1.165, 1.54) is 12.1 Å². The summed E-state index contributed by atoms with van der Waals surface area (Å²) in [5.41, 5.74) is 4.52. The van der Waals surface area contributed by atoms with Crippen LogP contribution < -0.4 is 0 Å². The number of nitrogens with one attached hydrogen (secondary N) is 1. The van der Waals surface area contributed by atoms with Crippen LogP contribution in [0.3, 0.4) is 0 Å². The van der Waals surface area contributed by atoms with Gasteiger partial charge in [0.15, 0.2) is 5.88 Å². The number of halogens is 1. The molecule has 0 fully saturated rings. The molecule has 0 saturated carbocycles. The lowest BCUT2D eigenvalue weighted by Crippen LogP contribution is -2.10. The molecule has 0 aliphatic rings. The number of aromatic amines is 1. The first kappa shape index (κ1) is 18.9. The summed E-state index contributed by atoms with van der Waals surface area (Å²) in [5, 5.41) is 11.4. The SMILES string of the molecule is CN(C)Cc1cccc(N=C(c2ccccc2)c2c(O)[nH]c3cc(F)ccc23)c1. The van der Waals surface area contributed by atoms with Gasteiger partial charge in [-0.1, -0.05) is 42.5 Å². The van der Waals surface area contributed by atoms with E-state index in [4.69, 9.17) is 4.99 Å². The van der Waals surface area contributed by atoms with Gasteiger partial charge in [-0.2, -0.15) is 0 Å². The topological polar surface area (TPSA) is 51.6 Å². The van der Waals surface area contributed by atoms with Gasteiger partial charge in [0.2, 0.25) is 0 Å². The fraction of sp³-hybridized carbons (Fsp3) is 0.125. The number of aromatic hydroxyl groups is 1. The van der Waals surface area contributed by atoms with E-state index in [2.05, 4.69) is 16.0 Å². The highest BCUT2D eigenvalue weighted by Crippen LogP contribution is 2.32. The van der Waals surface area contributed by atoms with Gasteiger partial charge in [-0.3, -0.25) is 0 Å². The predicted molar refractivity (Wildman–Crippen MR) is 115 cm³/mol. The molecule has 0 bridgehead atoms. The third-order valence-electron chi connectivity index (χ3n) is 4.68. The average molecular weight is 387 g/mol. The van der Waals surface area contributed by atoms with E-state index < -0.39 is 0 Å². The van der Waals surface area contributed by atoms with Crippen molar-refractivity contribution in [3.63, 3.8) is 0 Å². The first-order chi connectivity index (χ1) is 14.0. The molecule has 0 amide bonds. The number of H-pyrrole nitrogens is 1. The average Bonchev–Trinajstić information content (AvgIpc) is 3.01. The van der Waals surface area contributed by atoms with E-state index in [9.17, 15) is 9.50 Å². The number of rotatable bonds is 5. The fourth-order valence-corrected chi connectivity index (χ4v) is 3.47. The zero-order valence-corrected chi connectivity index (χ0v) is 16.4. The van der Waals surface area contributed by atoms with Crippen molar-refractivity contribution in [1.82, 2.24) is 9.88 Å². The van der Waals surface area contributed by atoms with Crippen LogP contribution in [-0.2, 0) is 6.54 Å². The van der Waals surface area contributed by atoms with E-state index >= 15 is 0 Å². The van der Waals surface area contributed by atoms with Gasteiger partial charge in [-0.05, 0) is 50.0 Å². The molecule has 0 saturated heterocycles. The highest BCUT2D eigenvalue weighted by atomic mass is 19.1. The molecule has 146 valence electrons. The summed E-state index contributed by atoms with van der Waals surface area (Å²) in [7, 11) is 4.04. The molecule has 4 aromatic rings. The number of nitrogens with zero attached hydrogens (tertiary/aromatic N) is 2. The van der Waals surface area contributed by atoms with E-state index in [1.807, 2.05) is 62.6 Å². The second kappa shape index (κ2) is 7.89. The summed E-state index contributed by atoms with van der Waals surface area (Å²) in [6.07, 6.45) is 0. The monoisotopic (exact) mass is 387 g/mol. The van der Waals surface area contributed by atoms with Gasteiger partial charge in [0.05, 0.1) is 22.5 Å². The van der Waals surface area contributed by atoms with Gasteiger partial charge in [0.1, 0.15) is 5.82 Å². The van der Waals surface area contributed by atoms with E-state index in [1.54, 1.807) is 6.07 Å². The summed E-state index contributed by atoms with van der Waals surface area (Å²) >= 11 is 0. The maximum atomic E-state index is 13.7.